The summed E-state index contributed by atoms with van der Waals surface area (Å²) >= 11 is 0. The average molecular weight is 167 g/mol. The van der Waals surface area contributed by atoms with Gasteiger partial charge in [-0.05, 0) is 24.8 Å². The van der Waals surface area contributed by atoms with Crippen molar-refractivity contribution >= 4 is 0 Å². The minimum absolute atomic E-state index is 1.01. The van der Waals surface area contributed by atoms with Gasteiger partial charge in [-0.2, -0.15) is 0 Å². The Morgan fingerprint density at radius 3 is 2.50 bits per heavy atom. The van der Waals surface area contributed by atoms with E-state index in [2.05, 4.69) is 18.9 Å². The second-order valence-electron chi connectivity index (χ2n) is 4.74. The third-order valence-corrected chi connectivity index (χ3v) is 3.95. The van der Waals surface area contributed by atoms with Gasteiger partial charge >= 0.3 is 0 Å². The topological polar surface area (TPSA) is 3.24 Å². The zero-order valence-electron chi connectivity index (χ0n) is 8.42. The molecule has 2 unspecified atom stereocenters. The van der Waals surface area contributed by atoms with E-state index in [9.17, 15) is 0 Å². The maximum absolute atomic E-state index is 2.52. The van der Waals surface area contributed by atoms with E-state index < -0.39 is 0 Å². The molecule has 0 aromatic rings. The van der Waals surface area contributed by atoms with E-state index in [-0.39, 0.29) is 0 Å². The summed E-state index contributed by atoms with van der Waals surface area (Å²) in [5, 5.41) is 0. The molecule has 1 heteroatoms. The van der Waals surface area contributed by atoms with Crippen molar-refractivity contribution in [3.05, 3.63) is 0 Å². The van der Waals surface area contributed by atoms with Gasteiger partial charge in [-0.3, -0.25) is 0 Å². The van der Waals surface area contributed by atoms with E-state index in [0.717, 1.165) is 17.8 Å². The summed E-state index contributed by atoms with van der Waals surface area (Å²) in [7, 11) is 2.28. The first-order valence-electron chi connectivity index (χ1n) is 5.49. The van der Waals surface area contributed by atoms with Crippen LogP contribution in [0.15, 0.2) is 0 Å². The highest BCUT2D eigenvalue weighted by molar-refractivity contribution is 4.89. The lowest BCUT2D eigenvalue weighted by Gasteiger charge is -2.34. The molecular weight excluding hydrogens is 146 g/mol. The lowest BCUT2D eigenvalue weighted by atomic mass is 9.71. The Hall–Kier alpha value is -0.0400. The van der Waals surface area contributed by atoms with E-state index in [1.165, 1.54) is 38.8 Å². The molecule has 70 valence electrons. The molecule has 2 fully saturated rings. The van der Waals surface area contributed by atoms with Crippen LogP contribution in [0.1, 0.15) is 32.6 Å². The molecule has 2 aliphatic rings. The van der Waals surface area contributed by atoms with Gasteiger partial charge in [0, 0.05) is 13.1 Å². The van der Waals surface area contributed by atoms with Crippen molar-refractivity contribution in [1.29, 1.82) is 0 Å². The van der Waals surface area contributed by atoms with Crippen LogP contribution in [0, 0.1) is 17.8 Å². The Balaban J connectivity index is 1.93. The van der Waals surface area contributed by atoms with Gasteiger partial charge in [-0.1, -0.05) is 32.6 Å². The van der Waals surface area contributed by atoms with Gasteiger partial charge in [0.05, 0.1) is 0 Å². The van der Waals surface area contributed by atoms with Crippen LogP contribution in [-0.4, -0.2) is 25.0 Å². The first kappa shape index (κ1) is 8.55. The summed E-state index contributed by atoms with van der Waals surface area (Å²) in [6.07, 6.45) is 5.94. The van der Waals surface area contributed by atoms with Crippen LogP contribution in [0.5, 0.6) is 0 Å². The molecule has 1 aliphatic carbocycles. The van der Waals surface area contributed by atoms with Crippen molar-refractivity contribution in [1.82, 2.24) is 4.90 Å². The smallest absolute Gasteiger partial charge is 0.00125 e. The van der Waals surface area contributed by atoms with E-state index >= 15 is 0 Å². The maximum atomic E-state index is 2.52. The van der Waals surface area contributed by atoms with Crippen LogP contribution in [0.2, 0.25) is 0 Å². The molecule has 12 heavy (non-hydrogen) atoms. The normalized spacial score (nSPS) is 38.5. The minimum atomic E-state index is 1.01. The van der Waals surface area contributed by atoms with E-state index in [1.54, 1.807) is 0 Å². The van der Waals surface area contributed by atoms with Crippen LogP contribution in [0.3, 0.4) is 0 Å². The van der Waals surface area contributed by atoms with Crippen LogP contribution < -0.4 is 0 Å². The Morgan fingerprint density at radius 1 is 1.25 bits per heavy atom. The van der Waals surface area contributed by atoms with Crippen LogP contribution in [-0.2, 0) is 0 Å². The Kier molecular flexibility index (Phi) is 2.40. The fourth-order valence-electron chi connectivity index (χ4n) is 2.95. The number of nitrogens with zero attached hydrogens (tertiary/aromatic N) is 1. The van der Waals surface area contributed by atoms with Gasteiger partial charge in [0.15, 0.2) is 0 Å². The number of rotatable bonds is 2. The SMILES string of the molecule is CCC1CN(C)CC1C1CCC1. The summed E-state index contributed by atoms with van der Waals surface area (Å²) in [4.78, 5) is 2.52. The average Bonchev–Trinajstić information content (AvgIpc) is 2.27. The molecule has 1 saturated carbocycles. The third-order valence-electron chi connectivity index (χ3n) is 3.95. The third kappa shape index (κ3) is 1.39. The largest absolute Gasteiger partial charge is 0.306 e. The predicted molar refractivity (Wildman–Crippen MR) is 52.1 cm³/mol. The second-order valence-corrected chi connectivity index (χ2v) is 4.74. The molecule has 1 nitrogen and oxygen atoms in total. The van der Waals surface area contributed by atoms with Crippen LogP contribution in [0.4, 0.5) is 0 Å². The maximum Gasteiger partial charge on any atom is 0.00125 e. The fraction of sp³-hybridized carbons (Fsp3) is 1.00. The quantitative estimate of drug-likeness (QED) is 0.610. The van der Waals surface area contributed by atoms with Gasteiger partial charge in [-0.15, -0.1) is 0 Å². The second kappa shape index (κ2) is 3.37. The van der Waals surface area contributed by atoms with Gasteiger partial charge in [0.25, 0.3) is 0 Å². The fourth-order valence-corrected chi connectivity index (χ4v) is 2.95. The van der Waals surface area contributed by atoms with Crippen LogP contribution >= 0.6 is 0 Å². The molecular formula is C11H21N. The molecule has 0 aromatic carbocycles. The Bertz CT molecular complexity index is 151. The first-order chi connectivity index (χ1) is 5.81. The molecule has 0 bridgehead atoms. The zero-order chi connectivity index (χ0) is 8.55. The highest BCUT2D eigenvalue weighted by atomic mass is 15.1. The Labute approximate surface area is 76.1 Å². The number of hydrogen-bond acceptors (Lipinski definition) is 1. The summed E-state index contributed by atoms with van der Waals surface area (Å²) in [6.45, 7) is 5.09. The van der Waals surface area contributed by atoms with Crippen molar-refractivity contribution in [3.63, 3.8) is 0 Å². The minimum Gasteiger partial charge on any atom is -0.306 e. The lowest BCUT2D eigenvalue weighted by Crippen LogP contribution is -2.27. The zero-order valence-corrected chi connectivity index (χ0v) is 8.42. The summed E-state index contributed by atoms with van der Waals surface area (Å²) < 4.78 is 0. The summed E-state index contributed by atoms with van der Waals surface area (Å²) in [5.74, 6) is 3.16. The molecule has 0 radical (unpaired) electrons. The van der Waals surface area contributed by atoms with Crippen LogP contribution in [0.25, 0.3) is 0 Å². The molecule has 0 N–H and O–H groups in total. The van der Waals surface area contributed by atoms with Gasteiger partial charge < -0.3 is 4.90 Å². The van der Waals surface area contributed by atoms with Gasteiger partial charge in [0.2, 0.25) is 0 Å². The molecule has 2 rings (SSSR count). The molecule has 2 atom stereocenters. The van der Waals surface area contributed by atoms with Crippen molar-refractivity contribution in [2.75, 3.05) is 20.1 Å². The number of likely N-dealkylation sites (tertiary alicyclic amines) is 1. The molecule has 1 saturated heterocycles. The standard InChI is InChI=1S/C11H21N/c1-3-9-7-12(2)8-11(9)10-5-4-6-10/h9-11H,3-8H2,1-2H3. The highest BCUT2D eigenvalue weighted by Crippen LogP contribution is 2.41. The van der Waals surface area contributed by atoms with E-state index in [1.807, 2.05) is 0 Å². The van der Waals surface area contributed by atoms with Crippen molar-refractivity contribution < 1.29 is 0 Å². The first-order valence-corrected chi connectivity index (χ1v) is 5.49. The van der Waals surface area contributed by atoms with Gasteiger partial charge in [0.1, 0.15) is 0 Å². The molecule has 1 heterocycles. The van der Waals surface area contributed by atoms with Crippen molar-refractivity contribution in [3.8, 4) is 0 Å². The Morgan fingerprint density at radius 2 is 2.00 bits per heavy atom. The van der Waals surface area contributed by atoms with E-state index in [0.29, 0.717) is 0 Å². The lowest BCUT2D eigenvalue weighted by molar-refractivity contribution is 0.173. The molecule has 1 aliphatic heterocycles. The van der Waals surface area contributed by atoms with Crippen molar-refractivity contribution in [2.24, 2.45) is 17.8 Å². The van der Waals surface area contributed by atoms with E-state index in [4.69, 9.17) is 0 Å². The predicted octanol–water partition coefficient (Wildman–Crippen LogP) is 2.37. The molecule has 0 aromatic heterocycles. The monoisotopic (exact) mass is 167 g/mol. The highest BCUT2D eigenvalue weighted by Gasteiger charge is 2.37. The van der Waals surface area contributed by atoms with Gasteiger partial charge in [-0.25, -0.2) is 0 Å². The summed E-state index contributed by atoms with van der Waals surface area (Å²) in [5.41, 5.74) is 0. The molecule has 0 amide bonds. The van der Waals surface area contributed by atoms with Crippen molar-refractivity contribution in [2.45, 2.75) is 32.6 Å². The number of hydrogen-bond donors (Lipinski definition) is 0. The summed E-state index contributed by atoms with van der Waals surface area (Å²) in [6, 6.07) is 0. The molecule has 0 spiro atoms.